The number of amides is 2. The van der Waals surface area contributed by atoms with E-state index in [9.17, 15) is 14.0 Å². The zero-order valence-corrected chi connectivity index (χ0v) is 15.8. The number of carbonyl (C=O) groups excluding carboxylic acids is 2. The van der Waals surface area contributed by atoms with Gasteiger partial charge >= 0.3 is 0 Å². The van der Waals surface area contributed by atoms with Gasteiger partial charge in [-0.3, -0.25) is 9.59 Å². The predicted octanol–water partition coefficient (Wildman–Crippen LogP) is 3.39. The maximum Gasteiger partial charge on any atom is 0.248 e. The maximum absolute atomic E-state index is 14.0. The van der Waals surface area contributed by atoms with Crippen LogP contribution in [0.3, 0.4) is 0 Å². The minimum Gasteiger partial charge on any atom is -0.366 e. The van der Waals surface area contributed by atoms with Gasteiger partial charge in [0.05, 0.1) is 5.52 Å². The fourth-order valence-electron chi connectivity index (χ4n) is 3.26. The van der Waals surface area contributed by atoms with Crippen LogP contribution in [-0.4, -0.2) is 23.3 Å². The molecule has 5 nitrogen and oxygen atoms in total. The molecule has 4 N–H and O–H groups in total. The van der Waals surface area contributed by atoms with Crippen LogP contribution in [0, 0.1) is 19.7 Å². The lowest BCUT2D eigenvalue weighted by Crippen LogP contribution is -2.23. The van der Waals surface area contributed by atoms with Crippen LogP contribution >= 0.6 is 0 Å². The molecule has 2 aromatic carbocycles. The summed E-state index contributed by atoms with van der Waals surface area (Å²) in [5, 5.41) is 3.73. The van der Waals surface area contributed by atoms with Crippen LogP contribution in [0.4, 0.5) is 4.39 Å². The van der Waals surface area contributed by atoms with E-state index in [-0.39, 0.29) is 11.7 Å². The summed E-state index contributed by atoms with van der Waals surface area (Å²) in [5.41, 5.74) is 9.84. The quantitative estimate of drug-likeness (QED) is 0.573. The van der Waals surface area contributed by atoms with Crippen LogP contribution in [-0.2, 0) is 11.2 Å². The predicted molar refractivity (Wildman–Crippen MR) is 108 cm³/mol. The summed E-state index contributed by atoms with van der Waals surface area (Å²) in [6.45, 7) is 4.29. The summed E-state index contributed by atoms with van der Waals surface area (Å²) >= 11 is 0. The van der Waals surface area contributed by atoms with Gasteiger partial charge in [-0.2, -0.15) is 0 Å². The molecule has 0 saturated carbocycles. The summed E-state index contributed by atoms with van der Waals surface area (Å²) in [4.78, 5) is 26.2. The Kier molecular flexibility index (Phi) is 5.59. The van der Waals surface area contributed by atoms with Gasteiger partial charge in [0.2, 0.25) is 11.8 Å². The molecule has 0 aliphatic heterocycles. The first-order valence-corrected chi connectivity index (χ1v) is 8.99. The number of aromatic nitrogens is 1. The second kappa shape index (κ2) is 8.08. The van der Waals surface area contributed by atoms with Crippen molar-refractivity contribution in [2.45, 2.75) is 20.3 Å². The number of primary amides is 1. The molecule has 144 valence electrons. The number of aryl methyl sites for hydroxylation is 2. The van der Waals surface area contributed by atoms with Crippen molar-refractivity contribution in [3.63, 3.8) is 0 Å². The van der Waals surface area contributed by atoms with E-state index in [2.05, 4.69) is 10.3 Å². The Morgan fingerprint density at radius 1 is 1.14 bits per heavy atom. The molecular formula is C22H22FN3O2. The highest BCUT2D eigenvalue weighted by Crippen LogP contribution is 2.27. The van der Waals surface area contributed by atoms with E-state index < -0.39 is 5.91 Å². The molecule has 0 radical (unpaired) electrons. The zero-order valence-electron chi connectivity index (χ0n) is 15.8. The summed E-state index contributed by atoms with van der Waals surface area (Å²) in [6.07, 6.45) is 3.70. The van der Waals surface area contributed by atoms with Gasteiger partial charge in [-0.15, -0.1) is 0 Å². The van der Waals surface area contributed by atoms with Crippen molar-refractivity contribution in [2.24, 2.45) is 5.73 Å². The van der Waals surface area contributed by atoms with Gasteiger partial charge in [0.1, 0.15) is 5.82 Å². The minimum atomic E-state index is -0.490. The molecule has 0 saturated heterocycles. The lowest BCUT2D eigenvalue weighted by Gasteiger charge is -2.05. The molecule has 0 bridgehead atoms. The van der Waals surface area contributed by atoms with Crippen molar-refractivity contribution in [2.75, 3.05) is 6.54 Å². The standard InChI is InChI=1S/C22H22FN3O2/c1-13-3-9-18(23)21-20(13)17(14(2)26-21)11-12-25-19(27)10-6-15-4-7-16(8-5-15)22(24)28/h3-10,26H,11-12H2,1-2H3,(H2,24,28)(H,25,27). The molecule has 0 unspecified atom stereocenters. The smallest absolute Gasteiger partial charge is 0.248 e. The molecule has 0 aliphatic carbocycles. The molecule has 0 atom stereocenters. The molecule has 0 aliphatic rings. The van der Waals surface area contributed by atoms with Crippen LogP contribution in [0.1, 0.15) is 32.7 Å². The lowest BCUT2D eigenvalue weighted by molar-refractivity contribution is -0.116. The average molecular weight is 379 g/mol. The number of carbonyl (C=O) groups is 2. The van der Waals surface area contributed by atoms with Crippen molar-refractivity contribution in [3.05, 3.63) is 76.2 Å². The van der Waals surface area contributed by atoms with Gasteiger partial charge in [0.25, 0.3) is 0 Å². The van der Waals surface area contributed by atoms with Gasteiger partial charge in [0, 0.05) is 29.3 Å². The molecule has 0 fully saturated rings. The first-order valence-electron chi connectivity index (χ1n) is 8.99. The Bertz CT molecular complexity index is 1070. The SMILES string of the molecule is Cc1[nH]c2c(F)ccc(C)c2c1CCNC(=O)C=Cc1ccc(C(N)=O)cc1. The fourth-order valence-corrected chi connectivity index (χ4v) is 3.26. The number of nitrogens with one attached hydrogen (secondary N) is 2. The van der Waals surface area contributed by atoms with E-state index in [4.69, 9.17) is 5.73 Å². The number of rotatable bonds is 6. The zero-order chi connectivity index (χ0) is 20.3. The Morgan fingerprint density at radius 3 is 2.54 bits per heavy atom. The van der Waals surface area contributed by atoms with E-state index >= 15 is 0 Å². The molecule has 1 heterocycles. The molecule has 3 aromatic rings. The number of aromatic amines is 1. The van der Waals surface area contributed by atoms with E-state index in [0.29, 0.717) is 24.0 Å². The third-order valence-corrected chi connectivity index (χ3v) is 4.73. The van der Waals surface area contributed by atoms with Crippen molar-refractivity contribution < 1.29 is 14.0 Å². The summed E-state index contributed by atoms with van der Waals surface area (Å²) in [5.74, 6) is -0.986. The number of H-pyrrole nitrogens is 1. The largest absolute Gasteiger partial charge is 0.366 e. The highest BCUT2D eigenvalue weighted by molar-refractivity contribution is 5.94. The third-order valence-electron chi connectivity index (χ3n) is 4.73. The first-order chi connectivity index (χ1) is 13.4. The topological polar surface area (TPSA) is 88.0 Å². The second-order valence-corrected chi connectivity index (χ2v) is 6.70. The van der Waals surface area contributed by atoms with Crippen LogP contribution in [0.15, 0.2) is 42.5 Å². The van der Waals surface area contributed by atoms with Crippen LogP contribution in [0.2, 0.25) is 0 Å². The molecule has 1 aromatic heterocycles. The van der Waals surface area contributed by atoms with Crippen LogP contribution in [0.5, 0.6) is 0 Å². The fraction of sp³-hybridized carbons (Fsp3) is 0.182. The van der Waals surface area contributed by atoms with Crippen LogP contribution < -0.4 is 11.1 Å². The molecule has 0 spiro atoms. The Balaban J connectivity index is 1.61. The van der Waals surface area contributed by atoms with Crippen molar-refractivity contribution in [1.82, 2.24) is 10.3 Å². The monoisotopic (exact) mass is 379 g/mol. The van der Waals surface area contributed by atoms with Crippen LogP contribution in [0.25, 0.3) is 17.0 Å². The van der Waals surface area contributed by atoms with Crippen molar-refractivity contribution in [1.29, 1.82) is 0 Å². The van der Waals surface area contributed by atoms with E-state index in [1.165, 1.54) is 12.1 Å². The molecule has 3 rings (SSSR count). The van der Waals surface area contributed by atoms with Gasteiger partial charge < -0.3 is 16.0 Å². The number of halogens is 1. The van der Waals surface area contributed by atoms with Crippen molar-refractivity contribution in [3.8, 4) is 0 Å². The van der Waals surface area contributed by atoms with Gasteiger partial charge in [-0.25, -0.2) is 4.39 Å². The number of hydrogen-bond donors (Lipinski definition) is 3. The number of hydrogen-bond acceptors (Lipinski definition) is 2. The number of fused-ring (bicyclic) bond motifs is 1. The summed E-state index contributed by atoms with van der Waals surface area (Å²) < 4.78 is 14.0. The Morgan fingerprint density at radius 2 is 1.86 bits per heavy atom. The first kappa shape index (κ1) is 19.4. The molecule has 6 heteroatoms. The molecule has 28 heavy (non-hydrogen) atoms. The van der Waals surface area contributed by atoms with E-state index in [1.54, 1.807) is 36.4 Å². The van der Waals surface area contributed by atoms with Gasteiger partial charge in [-0.1, -0.05) is 18.2 Å². The third kappa shape index (κ3) is 4.11. The van der Waals surface area contributed by atoms with Gasteiger partial charge in [0.15, 0.2) is 0 Å². The lowest BCUT2D eigenvalue weighted by atomic mass is 10.0. The maximum atomic E-state index is 14.0. The van der Waals surface area contributed by atoms with Gasteiger partial charge in [-0.05, 0) is 61.2 Å². The molecular weight excluding hydrogens is 357 g/mol. The van der Waals surface area contributed by atoms with E-state index in [0.717, 1.165) is 27.8 Å². The average Bonchev–Trinajstić information content (AvgIpc) is 3.01. The highest BCUT2D eigenvalue weighted by atomic mass is 19.1. The molecule has 2 amide bonds. The summed E-state index contributed by atoms with van der Waals surface area (Å²) in [7, 11) is 0. The minimum absolute atomic E-state index is 0.223. The number of nitrogens with two attached hydrogens (primary N) is 1. The number of benzene rings is 2. The van der Waals surface area contributed by atoms with E-state index in [1.807, 2.05) is 13.8 Å². The Hall–Kier alpha value is -3.41. The summed E-state index contributed by atoms with van der Waals surface area (Å²) in [6, 6.07) is 9.88. The normalized spacial score (nSPS) is 11.2. The van der Waals surface area contributed by atoms with Crippen molar-refractivity contribution >= 4 is 28.8 Å². The Labute approximate surface area is 162 Å². The second-order valence-electron chi connectivity index (χ2n) is 6.70. The highest BCUT2D eigenvalue weighted by Gasteiger charge is 2.13.